The zero-order valence-corrected chi connectivity index (χ0v) is 16.1. The Labute approximate surface area is 168 Å². The highest BCUT2D eigenvalue weighted by Crippen LogP contribution is 2.27. The molecule has 3 rings (SSSR count). The molecule has 0 radical (unpaired) electrons. The third-order valence-corrected chi connectivity index (χ3v) is 4.23. The molecule has 3 aromatic rings. The van der Waals surface area contributed by atoms with Crippen molar-refractivity contribution in [3.8, 4) is 17.6 Å². The van der Waals surface area contributed by atoms with Crippen LogP contribution in [0.25, 0.3) is 0 Å². The number of methoxy groups -OCH3 is 2. The van der Waals surface area contributed by atoms with E-state index in [4.69, 9.17) is 9.47 Å². The van der Waals surface area contributed by atoms with Crippen LogP contribution in [0.1, 0.15) is 21.5 Å². The molecule has 7 heteroatoms. The van der Waals surface area contributed by atoms with Gasteiger partial charge < -0.3 is 20.1 Å². The summed E-state index contributed by atoms with van der Waals surface area (Å²) in [5.74, 6) is 1.47. The summed E-state index contributed by atoms with van der Waals surface area (Å²) in [6.07, 6.45) is 1.54. The first kappa shape index (κ1) is 19.7. The van der Waals surface area contributed by atoms with Crippen molar-refractivity contribution in [1.82, 2.24) is 10.3 Å². The summed E-state index contributed by atoms with van der Waals surface area (Å²) in [4.78, 5) is 16.8. The van der Waals surface area contributed by atoms with Gasteiger partial charge in [0.25, 0.3) is 5.91 Å². The van der Waals surface area contributed by atoms with Crippen LogP contribution in [0.3, 0.4) is 0 Å². The Kier molecular flexibility index (Phi) is 6.28. The Balaban J connectivity index is 1.69. The largest absolute Gasteiger partial charge is 0.493 e. The number of nitrogens with zero attached hydrogens (tertiary/aromatic N) is 2. The summed E-state index contributed by atoms with van der Waals surface area (Å²) in [5.41, 5.74) is 2.46. The summed E-state index contributed by atoms with van der Waals surface area (Å²) in [6, 6.07) is 18.0. The number of carbonyl (C=O) groups excluding carboxylic acids is 1. The molecule has 0 saturated carbocycles. The Morgan fingerprint density at radius 3 is 2.62 bits per heavy atom. The summed E-state index contributed by atoms with van der Waals surface area (Å²) in [6.45, 7) is 0.335. The minimum atomic E-state index is -0.237. The molecule has 0 aliphatic rings. The molecule has 0 fully saturated rings. The van der Waals surface area contributed by atoms with Crippen LogP contribution in [0.2, 0.25) is 0 Å². The Morgan fingerprint density at radius 1 is 1.07 bits per heavy atom. The molecule has 2 aromatic carbocycles. The SMILES string of the molecule is COc1ccc(CNC(=O)c2ccnc(Nc3ccccc3C#N)c2)cc1OC. The summed E-state index contributed by atoms with van der Waals surface area (Å²) in [7, 11) is 3.14. The lowest BCUT2D eigenvalue weighted by Crippen LogP contribution is -2.23. The third-order valence-electron chi connectivity index (χ3n) is 4.23. The van der Waals surface area contributed by atoms with E-state index in [0.717, 1.165) is 5.56 Å². The molecule has 0 saturated heterocycles. The molecule has 0 spiro atoms. The fourth-order valence-electron chi connectivity index (χ4n) is 2.74. The molecule has 1 heterocycles. The molecule has 1 aromatic heterocycles. The van der Waals surface area contributed by atoms with Crippen LogP contribution in [0.15, 0.2) is 60.8 Å². The molecule has 7 nitrogen and oxygen atoms in total. The normalized spacial score (nSPS) is 9.97. The van der Waals surface area contributed by atoms with Gasteiger partial charge >= 0.3 is 0 Å². The third kappa shape index (κ3) is 4.82. The average molecular weight is 388 g/mol. The highest BCUT2D eigenvalue weighted by Gasteiger charge is 2.10. The van der Waals surface area contributed by atoms with Crippen LogP contribution in [0, 0.1) is 11.3 Å². The molecule has 1 amide bonds. The molecule has 0 bridgehead atoms. The maximum atomic E-state index is 12.5. The van der Waals surface area contributed by atoms with E-state index in [0.29, 0.717) is 40.7 Å². The Bertz CT molecular complexity index is 1060. The lowest BCUT2D eigenvalue weighted by atomic mass is 10.1. The molecule has 0 aliphatic heterocycles. The first-order chi connectivity index (χ1) is 14.1. The molecule has 146 valence electrons. The van der Waals surface area contributed by atoms with Crippen LogP contribution in [-0.2, 0) is 6.54 Å². The number of rotatable bonds is 7. The molecule has 2 N–H and O–H groups in total. The Hall–Kier alpha value is -4.05. The van der Waals surface area contributed by atoms with E-state index in [1.165, 1.54) is 0 Å². The van der Waals surface area contributed by atoms with Crippen LogP contribution in [0.4, 0.5) is 11.5 Å². The van der Waals surface area contributed by atoms with Gasteiger partial charge in [-0.3, -0.25) is 4.79 Å². The van der Waals surface area contributed by atoms with Crippen LogP contribution >= 0.6 is 0 Å². The number of nitrogens with one attached hydrogen (secondary N) is 2. The van der Waals surface area contributed by atoms with E-state index in [-0.39, 0.29) is 5.91 Å². The second-order valence-corrected chi connectivity index (χ2v) is 6.08. The molecular weight excluding hydrogens is 368 g/mol. The van der Waals surface area contributed by atoms with Crippen molar-refractivity contribution in [2.75, 3.05) is 19.5 Å². The first-order valence-electron chi connectivity index (χ1n) is 8.86. The van der Waals surface area contributed by atoms with E-state index in [9.17, 15) is 10.1 Å². The van der Waals surface area contributed by atoms with Gasteiger partial charge in [0, 0.05) is 18.3 Å². The second-order valence-electron chi connectivity index (χ2n) is 6.08. The van der Waals surface area contributed by atoms with Gasteiger partial charge in [-0.1, -0.05) is 18.2 Å². The number of para-hydroxylation sites is 1. The highest BCUT2D eigenvalue weighted by molar-refractivity contribution is 5.94. The first-order valence-corrected chi connectivity index (χ1v) is 8.86. The van der Waals surface area contributed by atoms with Gasteiger partial charge in [0.05, 0.1) is 25.5 Å². The highest BCUT2D eigenvalue weighted by atomic mass is 16.5. The van der Waals surface area contributed by atoms with Gasteiger partial charge in [-0.25, -0.2) is 4.98 Å². The van der Waals surface area contributed by atoms with E-state index in [1.807, 2.05) is 18.2 Å². The van der Waals surface area contributed by atoms with Crippen molar-refractivity contribution in [3.63, 3.8) is 0 Å². The Morgan fingerprint density at radius 2 is 1.86 bits per heavy atom. The van der Waals surface area contributed by atoms with Crippen LogP contribution < -0.4 is 20.1 Å². The van der Waals surface area contributed by atoms with Gasteiger partial charge in [0.2, 0.25) is 0 Å². The van der Waals surface area contributed by atoms with Gasteiger partial charge in [0.15, 0.2) is 11.5 Å². The number of benzene rings is 2. The number of hydrogen-bond donors (Lipinski definition) is 2. The van der Waals surface area contributed by atoms with Crippen molar-refractivity contribution in [2.24, 2.45) is 0 Å². The number of anilines is 2. The lowest BCUT2D eigenvalue weighted by molar-refractivity contribution is 0.0951. The summed E-state index contributed by atoms with van der Waals surface area (Å²) >= 11 is 0. The topological polar surface area (TPSA) is 96.3 Å². The maximum Gasteiger partial charge on any atom is 0.251 e. The van der Waals surface area contributed by atoms with Crippen LogP contribution in [-0.4, -0.2) is 25.1 Å². The van der Waals surface area contributed by atoms with E-state index < -0.39 is 0 Å². The summed E-state index contributed by atoms with van der Waals surface area (Å²) < 4.78 is 10.5. The zero-order chi connectivity index (χ0) is 20.6. The van der Waals surface area contributed by atoms with Crippen LogP contribution in [0.5, 0.6) is 11.5 Å². The van der Waals surface area contributed by atoms with Gasteiger partial charge in [-0.15, -0.1) is 0 Å². The van der Waals surface area contributed by atoms with Crippen molar-refractivity contribution >= 4 is 17.4 Å². The fraction of sp³-hybridized carbons (Fsp3) is 0.136. The van der Waals surface area contributed by atoms with E-state index >= 15 is 0 Å². The number of pyridine rings is 1. The molecular formula is C22H20N4O3. The van der Waals surface area contributed by atoms with Crippen molar-refractivity contribution in [1.29, 1.82) is 5.26 Å². The second kappa shape index (κ2) is 9.24. The number of ether oxygens (including phenoxy) is 2. The predicted molar refractivity (Wildman–Crippen MR) is 109 cm³/mol. The van der Waals surface area contributed by atoms with Gasteiger partial charge in [0.1, 0.15) is 11.9 Å². The number of aromatic nitrogens is 1. The molecule has 29 heavy (non-hydrogen) atoms. The van der Waals surface area contributed by atoms with Crippen molar-refractivity contribution in [3.05, 3.63) is 77.5 Å². The van der Waals surface area contributed by atoms with Crippen molar-refractivity contribution in [2.45, 2.75) is 6.54 Å². The van der Waals surface area contributed by atoms with Gasteiger partial charge in [-0.05, 0) is 42.0 Å². The summed E-state index contributed by atoms with van der Waals surface area (Å²) in [5, 5.41) is 15.1. The smallest absolute Gasteiger partial charge is 0.251 e. The monoisotopic (exact) mass is 388 g/mol. The average Bonchev–Trinajstić information content (AvgIpc) is 2.77. The lowest BCUT2D eigenvalue weighted by Gasteiger charge is -2.11. The minimum Gasteiger partial charge on any atom is -0.493 e. The molecule has 0 aliphatic carbocycles. The maximum absolute atomic E-state index is 12.5. The molecule has 0 atom stereocenters. The zero-order valence-electron chi connectivity index (χ0n) is 16.1. The van der Waals surface area contributed by atoms with Crippen molar-refractivity contribution < 1.29 is 14.3 Å². The number of nitriles is 1. The fourth-order valence-corrected chi connectivity index (χ4v) is 2.74. The number of amides is 1. The minimum absolute atomic E-state index is 0.237. The van der Waals surface area contributed by atoms with E-state index in [1.54, 1.807) is 56.8 Å². The van der Waals surface area contributed by atoms with Gasteiger partial charge in [-0.2, -0.15) is 5.26 Å². The number of carbonyl (C=O) groups is 1. The van der Waals surface area contributed by atoms with E-state index in [2.05, 4.69) is 21.7 Å². The standard InChI is InChI=1S/C22H20N4O3/c1-28-19-8-7-15(11-20(19)29-2)14-25-22(27)16-9-10-24-21(12-16)26-18-6-4-3-5-17(18)13-23/h3-12H,14H2,1-2H3,(H,24,26)(H,25,27). The quantitative estimate of drug-likeness (QED) is 0.641. The predicted octanol–water partition coefficient (Wildman–Crippen LogP) is 3.64. The molecule has 0 unspecified atom stereocenters. The number of hydrogen-bond acceptors (Lipinski definition) is 6.